The molecule has 26 heavy (non-hydrogen) atoms. The molecule has 0 bridgehead atoms. The highest BCUT2D eigenvalue weighted by Gasteiger charge is 2.16. The average molecular weight is 397 g/mol. The van der Waals surface area contributed by atoms with E-state index >= 15 is 0 Å². The number of halogens is 2. The third-order valence-electron chi connectivity index (χ3n) is 3.60. The predicted molar refractivity (Wildman–Crippen MR) is 103 cm³/mol. The minimum Gasteiger partial charge on any atom is -0.508 e. The largest absolute Gasteiger partial charge is 0.508 e. The van der Waals surface area contributed by atoms with Crippen LogP contribution in [0.4, 0.5) is 11.4 Å². The fourth-order valence-electron chi connectivity index (χ4n) is 2.43. The number of benzene rings is 2. The number of hydrogen-bond acceptors (Lipinski definition) is 4. The van der Waals surface area contributed by atoms with Crippen molar-refractivity contribution >= 4 is 46.5 Å². The van der Waals surface area contributed by atoms with E-state index in [-0.39, 0.29) is 23.5 Å². The van der Waals surface area contributed by atoms with Gasteiger partial charge in [-0.15, -0.1) is 0 Å². The molecule has 3 N–H and O–H groups in total. The second-order valence-corrected chi connectivity index (χ2v) is 6.42. The van der Waals surface area contributed by atoms with Crippen LogP contribution in [0, 0.1) is 0 Å². The van der Waals surface area contributed by atoms with Gasteiger partial charge < -0.3 is 20.4 Å². The Labute approximate surface area is 161 Å². The van der Waals surface area contributed by atoms with Gasteiger partial charge in [-0.25, -0.2) is 4.79 Å². The molecule has 0 heterocycles. The molecule has 0 radical (unpaired) electrons. The summed E-state index contributed by atoms with van der Waals surface area (Å²) in [5.74, 6) is -1.83. The number of carbonyl (C=O) groups excluding carboxylic acids is 1. The third-order valence-corrected chi connectivity index (χ3v) is 4.34. The van der Waals surface area contributed by atoms with Crippen LogP contribution in [0.25, 0.3) is 0 Å². The molecule has 0 spiro atoms. The molecule has 2 aromatic carbocycles. The van der Waals surface area contributed by atoms with Crippen LogP contribution >= 0.6 is 23.2 Å². The molecule has 0 saturated heterocycles. The Morgan fingerprint density at radius 2 is 1.85 bits per heavy atom. The molecular weight excluding hydrogens is 379 g/mol. The van der Waals surface area contributed by atoms with Crippen molar-refractivity contribution in [2.45, 2.75) is 13.3 Å². The first-order valence-corrected chi connectivity index (χ1v) is 8.63. The summed E-state index contributed by atoms with van der Waals surface area (Å²) < 4.78 is 0. The number of hydrogen-bond donors (Lipinski definition) is 3. The zero-order valence-electron chi connectivity index (χ0n) is 14.0. The van der Waals surface area contributed by atoms with E-state index in [0.29, 0.717) is 16.6 Å². The molecule has 0 fully saturated rings. The Morgan fingerprint density at radius 3 is 2.46 bits per heavy atom. The second kappa shape index (κ2) is 8.78. The zero-order chi connectivity index (χ0) is 19.3. The van der Waals surface area contributed by atoms with Gasteiger partial charge in [0, 0.05) is 12.2 Å². The predicted octanol–water partition coefficient (Wildman–Crippen LogP) is 4.25. The number of phenols is 1. The monoisotopic (exact) mass is 396 g/mol. The molecule has 0 saturated carbocycles. The summed E-state index contributed by atoms with van der Waals surface area (Å²) in [6, 6.07) is 8.84. The lowest BCUT2D eigenvalue weighted by Crippen LogP contribution is -2.34. The maximum Gasteiger partial charge on any atom is 0.337 e. The highest BCUT2D eigenvalue weighted by molar-refractivity contribution is 6.42. The Morgan fingerprint density at radius 1 is 1.12 bits per heavy atom. The van der Waals surface area contributed by atoms with Crippen LogP contribution in [-0.4, -0.2) is 35.2 Å². The summed E-state index contributed by atoms with van der Waals surface area (Å²) in [7, 11) is 0. The molecule has 1 amide bonds. The van der Waals surface area contributed by atoms with Gasteiger partial charge in [-0.3, -0.25) is 4.79 Å². The molecule has 0 unspecified atom stereocenters. The smallest absolute Gasteiger partial charge is 0.337 e. The number of aromatic carboxylic acids is 1. The summed E-state index contributed by atoms with van der Waals surface area (Å²) in [5.41, 5.74) is 0.668. The Balaban J connectivity index is 2.18. The summed E-state index contributed by atoms with van der Waals surface area (Å²) in [6.07, 6.45) is 0.799. The number of nitrogens with zero attached hydrogens (tertiary/aromatic N) is 1. The highest BCUT2D eigenvalue weighted by atomic mass is 35.5. The van der Waals surface area contributed by atoms with Crippen molar-refractivity contribution in [3.05, 3.63) is 52.0 Å². The number of nitrogens with one attached hydrogen (secondary N) is 1. The van der Waals surface area contributed by atoms with Crippen LogP contribution in [-0.2, 0) is 4.79 Å². The molecule has 2 rings (SSSR count). The van der Waals surface area contributed by atoms with Crippen LogP contribution in [0.5, 0.6) is 5.75 Å². The van der Waals surface area contributed by atoms with Crippen molar-refractivity contribution in [3.8, 4) is 5.75 Å². The number of phenolic OH excluding ortho intramolecular Hbond substituents is 1. The van der Waals surface area contributed by atoms with E-state index in [1.807, 2.05) is 11.8 Å². The van der Waals surface area contributed by atoms with Gasteiger partial charge in [0.1, 0.15) is 5.75 Å². The molecule has 6 nitrogen and oxygen atoms in total. The molecular formula is C18H18Cl2N2O4. The van der Waals surface area contributed by atoms with Crippen molar-refractivity contribution in [1.29, 1.82) is 0 Å². The van der Waals surface area contributed by atoms with E-state index in [9.17, 15) is 19.8 Å². The third kappa shape index (κ3) is 5.03. The maximum atomic E-state index is 12.4. The molecule has 2 aromatic rings. The molecule has 0 aliphatic heterocycles. The first-order chi connectivity index (χ1) is 12.3. The van der Waals surface area contributed by atoms with E-state index < -0.39 is 11.9 Å². The number of carboxylic acid groups (broad SMARTS) is 1. The molecule has 0 aliphatic carbocycles. The van der Waals surface area contributed by atoms with Crippen molar-refractivity contribution in [2.75, 3.05) is 23.3 Å². The molecule has 8 heteroatoms. The SMILES string of the molecule is CCCN(CC(=O)Nc1ccc(O)cc1C(=O)O)c1ccc(Cl)c(Cl)c1. The lowest BCUT2D eigenvalue weighted by molar-refractivity contribution is -0.115. The minimum atomic E-state index is -1.24. The molecule has 0 aromatic heterocycles. The lowest BCUT2D eigenvalue weighted by atomic mass is 10.1. The number of anilines is 2. The molecule has 0 aliphatic rings. The van der Waals surface area contributed by atoms with Gasteiger partial charge in [0.05, 0.1) is 27.8 Å². The number of carbonyl (C=O) groups is 2. The number of rotatable bonds is 7. The second-order valence-electron chi connectivity index (χ2n) is 5.60. The van der Waals surface area contributed by atoms with Gasteiger partial charge in [0.25, 0.3) is 0 Å². The topological polar surface area (TPSA) is 89.9 Å². The lowest BCUT2D eigenvalue weighted by Gasteiger charge is -2.24. The van der Waals surface area contributed by atoms with E-state index in [1.165, 1.54) is 12.1 Å². The number of amides is 1. The molecule has 138 valence electrons. The summed E-state index contributed by atoms with van der Waals surface area (Å²) in [5, 5.41) is 22.0. The van der Waals surface area contributed by atoms with Gasteiger partial charge in [-0.1, -0.05) is 30.1 Å². The first-order valence-electron chi connectivity index (χ1n) is 7.88. The van der Waals surface area contributed by atoms with Crippen molar-refractivity contribution in [2.24, 2.45) is 0 Å². The van der Waals surface area contributed by atoms with E-state index in [4.69, 9.17) is 23.2 Å². The minimum absolute atomic E-state index is 0.00569. The van der Waals surface area contributed by atoms with E-state index in [1.54, 1.807) is 18.2 Å². The maximum absolute atomic E-state index is 12.4. The average Bonchev–Trinajstić information content (AvgIpc) is 2.58. The summed E-state index contributed by atoms with van der Waals surface area (Å²) in [6.45, 7) is 2.59. The fraction of sp³-hybridized carbons (Fsp3) is 0.222. The standard InChI is InChI=1S/C18H18Cl2N2O4/c1-2-7-22(11-3-5-14(19)15(20)8-11)10-17(24)21-16-6-4-12(23)9-13(16)18(25)26/h3-6,8-9,23H,2,7,10H2,1H3,(H,21,24)(H,25,26). The van der Waals surface area contributed by atoms with Crippen LogP contribution in [0.3, 0.4) is 0 Å². The van der Waals surface area contributed by atoms with Crippen molar-refractivity contribution < 1.29 is 19.8 Å². The van der Waals surface area contributed by atoms with Crippen LogP contribution in [0.15, 0.2) is 36.4 Å². The van der Waals surface area contributed by atoms with Gasteiger partial charge >= 0.3 is 5.97 Å². The van der Waals surface area contributed by atoms with Gasteiger partial charge in [-0.05, 0) is 42.8 Å². The number of carboxylic acids is 1. The first kappa shape index (κ1) is 19.9. The van der Waals surface area contributed by atoms with E-state index in [0.717, 1.165) is 18.2 Å². The Kier molecular flexibility index (Phi) is 6.71. The summed E-state index contributed by atoms with van der Waals surface area (Å²) >= 11 is 12.0. The Bertz CT molecular complexity index is 827. The van der Waals surface area contributed by atoms with Crippen LogP contribution in [0.1, 0.15) is 23.7 Å². The quantitative estimate of drug-likeness (QED) is 0.608. The normalized spacial score (nSPS) is 10.4. The highest BCUT2D eigenvalue weighted by Crippen LogP contribution is 2.27. The van der Waals surface area contributed by atoms with Crippen LogP contribution in [0.2, 0.25) is 10.0 Å². The number of aromatic hydroxyl groups is 1. The van der Waals surface area contributed by atoms with Gasteiger partial charge in [-0.2, -0.15) is 0 Å². The molecule has 0 atom stereocenters. The van der Waals surface area contributed by atoms with Gasteiger partial charge in [0.15, 0.2) is 0 Å². The Hall–Kier alpha value is -2.44. The van der Waals surface area contributed by atoms with Crippen LogP contribution < -0.4 is 10.2 Å². The fourth-order valence-corrected chi connectivity index (χ4v) is 2.72. The zero-order valence-corrected chi connectivity index (χ0v) is 15.5. The van der Waals surface area contributed by atoms with Gasteiger partial charge in [0.2, 0.25) is 5.91 Å². The summed E-state index contributed by atoms with van der Waals surface area (Å²) in [4.78, 5) is 25.5. The van der Waals surface area contributed by atoms with Crippen molar-refractivity contribution in [3.63, 3.8) is 0 Å². The van der Waals surface area contributed by atoms with Crippen molar-refractivity contribution in [1.82, 2.24) is 0 Å². The van der Waals surface area contributed by atoms with E-state index in [2.05, 4.69) is 5.32 Å².